The summed E-state index contributed by atoms with van der Waals surface area (Å²) in [5.41, 5.74) is 0.287. The number of benzene rings is 1. The van der Waals surface area contributed by atoms with Crippen molar-refractivity contribution in [3.63, 3.8) is 0 Å². The van der Waals surface area contributed by atoms with Crippen molar-refractivity contribution in [2.45, 2.75) is 136 Å². The summed E-state index contributed by atoms with van der Waals surface area (Å²) in [6, 6.07) is 3.25. The van der Waals surface area contributed by atoms with E-state index in [1.54, 1.807) is 12.1 Å². The molecule has 0 aliphatic rings. The SMILES string of the molecule is CCCCCCOC(=O)CCCC(C)(C)c1cc(O)c(C(C)(C)CCC(=O)OCCCCCC)cc1O. The second-order valence-corrected chi connectivity index (χ2v) is 11.6. The van der Waals surface area contributed by atoms with Gasteiger partial charge < -0.3 is 19.7 Å². The van der Waals surface area contributed by atoms with Gasteiger partial charge in [-0.1, -0.05) is 80.1 Å². The molecule has 212 valence electrons. The van der Waals surface area contributed by atoms with Gasteiger partial charge in [-0.05, 0) is 55.1 Å². The smallest absolute Gasteiger partial charge is 0.305 e. The number of carbonyl (C=O) groups excluding carboxylic acids is 2. The Labute approximate surface area is 225 Å². The Bertz CT molecular complexity index is 827. The van der Waals surface area contributed by atoms with Gasteiger partial charge in [0.25, 0.3) is 0 Å². The van der Waals surface area contributed by atoms with Gasteiger partial charge in [-0.15, -0.1) is 0 Å². The first-order chi connectivity index (χ1) is 17.4. The summed E-state index contributed by atoms with van der Waals surface area (Å²) in [7, 11) is 0. The molecule has 0 saturated carbocycles. The number of esters is 2. The molecule has 1 aromatic carbocycles. The molecule has 0 amide bonds. The lowest BCUT2D eigenvalue weighted by Gasteiger charge is -2.30. The van der Waals surface area contributed by atoms with Crippen LogP contribution in [0.4, 0.5) is 0 Å². The number of ether oxygens (including phenoxy) is 2. The zero-order valence-electron chi connectivity index (χ0n) is 24.3. The summed E-state index contributed by atoms with van der Waals surface area (Å²) in [5.74, 6) is -0.199. The third-order valence-corrected chi connectivity index (χ3v) is 7.23. The van der Waals surface area contributed by atoms with Crippen molar-refractivity contribution in [3.05, 3.63) is 23.3 Å². The molecule has 0 spiro atoms. The quantitative estimate of drug-likeness (QED) is 0.110. The number of aromatic hydroxyl groups is 2. The van der Waals surface area contributed by atoms with Crippen LogP contribution < -0.4 is 0 Å². The van der Waals surface area contributed by atoms with E-state index in [4.69, 9.17) is 9.47 Å². The van der Waals surface area contributed by atoms with Gasteiger partial charge >= 0.3 is 11.9 Å². The molecule has 0 bridgehead atoms. The Morgan fingerprint density at radius 3 is 1.54 bits per heavy atom. The van der Waals surface area contributed by atoms with Crippen LogP contribution >= 0.6 is 0 Å². The maximum atomic E-state index is 12.2. The lowest BCUT2D eigenvalue weighted by molar-refractivity contribution is -0.145. The predicted octanol–water partition coefficient (Wildman–Crippen LogP) is 7.85. The molecule has 1 aromatic rings. The predicted molar refractivity (Wildman–Crippen MR) is 149 cm³/mol. The molecule has 1 rings (SSSR count). The third kappa shape index (κ3) is 12.2. The van der Waals surface area contributed by atoms with Crippen LogP contribution in [0.15, 0.2) is 12.1 Å². The van der Waals surface area contributed by atoms with Crippen molar-refractivity contribution in [1.82, 2.24) is 0 Å². The lowest BCUT2D eigenvalue weighted by Crippen LogP contribution is -2.22. The zero-order valence-corrected chi connectivity index (χ0v) is 24.3. The molecule has 0 radical (unpaired) electrons. The van der Waals surface area contributed by atoms with Gasteiger partial charge in [-0.25, -0.2) is 0 Å². The highest BCUT2D eigenvalue weighted by Crippen LogP contribution is 2.43. The Hall–Kier alpha value is -2.24. The molecule has 0 saturated heterocycles. The first-order valence-corrected chi connectivity index (χ1v) is 14.3. The van der Waals surface area contributed by atoms with Gasteiger partial charge in [0.15, 0.2) is 0 Å². The largest absolute Gasteiger partial charge is 0.508 e. The number of carbonyl (C=O) groups is 2. The number of rotatable bonds is 19. The zero-order chi connectivity index (χ0) is 27.9. The molecule has 0 aromatic heterocycles. The Morgan fingerprint density at radius 1 is 0.649 bits per heavy atom. The summed E-state index contributed by atoms with van der Waals surface area (Å²) in [6.07, 6.45) is 10.9. The van der Waals surface area contributed by atoms with E-state index >= 15 is 0 Å². The minimum atomic E-state index is -0.521. The second-order valence-electron chi connectivity index (χ2n) is 11.6. The summed E-state index contributed by atoms with van der Waals surface area (Å²) < 4.78 is 10.7. The van der Waals surface area contributed by atoms with E-state index in [1.807, 2.05) is 27.7 Å². The summed E-state index contributed by atoms with van der Waals surface area (Å²) in [5, 5.41) is 21.8. The molecule has 0 heterocycles. The molecule has 0 unspecified atom stereocenters. The number of hydrogen-bond donors (Lipinski definition) is 2. The summed E-state index contributed by atoms with van der Waals surface area (Å²) in [4.78, 5) is 24.2. The van der Waals surface area contributed by atoms with Crippen molar-refractivity contribution < 1.29 is 29.3 Å². The van der Waals surface area contributed by atoms with Crippen molar-refractivity contribution in [2.75, 3.05) is 13.2 Å². The van der Waals surface area contributed by atoms with E-state index in [0.717, 1.165) is 51.4 Å². The highest BCUT2D eigenvalue weighted by molar-refractivity contribution is 5.70. The van der Waals surface area contributed by atoms with Gasteiger partial charge in [0, 0.05) is 24.0 Å². The monoisotopic (exact) mass is 520 g/mol. The number of hydrogen-bond acceptors (Lipinski definition) is 6. The fourth-order valence-electron chi connectivity index (χ4n) is 4.59. The van der Waals surface area contributed by atoms with E-state index in [-0.39, 0.29) is 29.9 Å². The van der Waals surface area contributed by atoms with Crippen LogP contribution in [0.3, 0.4) is 0 Å². The second kappa shape index (κ2) is 16.6. The van der Waals surface area contributed by atoms with Crippen molar-refractivity contribution in [3.8, 4) is 11.5 Å². The van der Waals surface area contributed by atoms with Crippen LogP contribution in [-0.2, 0) is 29.9 Å². The Kier molecular flexibility index (Phi) is 14.7. The number of unbranched alkanes of at least 4 members (excludes halogenated alkanes) is 6. The molecule has 2 N–H and O–H groups in total. The minimum Gasteiger partial charge on any atom is -0.508 e. The van der Waals surface area contributed by atoms with Crippen molar-refractivity contribution in [1.29, 1.82) is 0 Å². The van der Waals surface area contributed by atoms with Crippen LogP contribution in [0.1, 0.15) is 136 Å². The Balaban J connectivity index is 2.66. The van der Waals surface area contributed by atoms with Crippen molar-refractivity contribution in [2.24, 2.45) is 0 Å². The van der Waals surface area contributed by atoms with Crippen LogP contribution in [0.5, 0.6) is 11.5 Å². The summed E-state index contributed by atoms with van der Waals surface area (Å²) >= 11 is 0. The van der Waals surface area contributed by atoms with E-state index in [2.05, 4.69) is 13.8 Å². The van der Waals surface area contributed by atoms with E-state index in [1.165, 1.54) is 0 Å². The summed E-state index contributed by atoms with van der Waals surface area (Å²) in [6.45, 7) is 13.1. The lowest BCUT2D eigenvalue weighted by atomic mass is 9.75. The average Bonchev–Trinajstić information content (AvgIpc) is 2.83. The van der Waals surface area contributed by atoms with Gasteiger partial charge in [0.2, 0.25) is 0 Å². The van der Waals surface area contributed by atoms with Gasteiger partial charge in [-0.3, -0.25) is 9.59 Å². The first-order valence-electron chi connectivity index (χ1n) is 14.3. The highest BCUT2D eigenvalue weighted by Gasteiger charge is 2.30. The van der Waals surface area contributed by atoms with Crippen LogP contribution in [-0.4, -0.2) is 35.4 Å². The van der Waals surface area contributed by atoms with E-state index < -0.39 is 10.8 Å². The van der Waals surface area contributed by atoms with Crippen molar-refractivity contribution >= 4 is 11.9 Å². The normalized spacial score (nSPS) is 11.9. The molecule has 37 heavy (non-hydrogen) atoms. The molecule has 0 aliphatic carbocycles. The van der Waals surface area contributed by atoms with E-state index in [9.17, 15) is 19.8 Å². The fraction of sp³-hybridized carbons (Fsp3) is 0.742. The van der Waals surface area contributed by atoms with Crippen LogP contribution in [0, 0.1) is 0 Å². The molecule has 0 atom stereocenters. The average molecular weight is 521 g/mol. The molecule has 0 fully saturated rings. The molecular weight excluding hydrogens is 468 g/mol. The number of phenols is 2. The topological polar surface area (TPSA) is 93.1 Å². The van der Waals surface area contributed by atoms with E-state index in [0.29, 0.717) is 50.0 Å². The highest BCUT2D eigenvalue weighted by atomic mass is 16.5. The molecule has 0 aliphatic heterocycles. The maximum Gasteiger partial charge on any atom is 0.305 e. The van der Waals surface area contributed by atoms with Crippen LogP contribution in [0.2, 0.25) is 0 Å². The third-order valence-electron chi connectivity index (χ3n) is 7.23. The van der Waals surface area contributed by atoms with Crippen LogP contribution in [0.25, 0.3) is 0 Å². The van der Waals surface area contributed by atoms with Gasteiger partial charge in [-0.2, -0.15) is 0 Å². The van der Waals surface area contributed by atoms with Gasteiger partial charge in [0.1, 0.15) is 11.5 Å². The van der Waals surface area contributed by atoms with Gasteiger partial charge in [0.05, 0.1) is 13.2 Å². The number of phenolic OH excluding ortho intramolecular Hbond substituents is 2. The Morgan fingerprint density at radius 2 is 1.08 bits per heavy atom. The maximum absolute atomic E-state index is 12.2. The minimum absolute atomic E-state index is 0.102. The molecular formula is C31H52O6. The fourth-order valence-corrected chi connectivity index (χ4v) is 4.59. The first kappa shape index (κ1) is 32.8. The standard InChI is InChI=1S/C31H52O6/c1-7-9-11-13-20-36-28(34)16-15-18-30(3,4)24-22-27(33)25(23-26(24)32)31(5,6)19-17-29(35)37-21-14-12-10-8-2/h22-23,32-33H,7-21H2,1-6H3. The molecule has 6 heteroatoms. The molecule has 6 nitrogen and oxygen atoms in total.